The SMILES string of the molecule is CN1CCC(S(N)(=O)=N[Si](c2ccccc2)(c2ccccc2)C(C)(C)C)C1. The molecule has 0 saturated carbocycles. The summed E-state index contributed by atoms with van der Waals surface area (Å²) in [5.41, 5.74) is 0. The van der Waals surface area contributed by atoms with Crippen LogP contribution in [0.4, 0.5) is 0 Å². The third kappa shape index (κ3) is 3.90. The summed E-state index contributed by atoms with van der Waals surface area (Å²) in [7, 11) is -3.55. The first kappa shape index (κ1) is 20.3. The van der Waals surface area contributed by atoms with Crippen LogP contribution in [-0.4, -0.2) is 42.7 Å². The molecule has 2 unspecified atom stereocenters. The van der Waals surface area contributed by atoms with Crippen LogP contribution in [0.3, 0.4) is 0 Å². The van der Waals surface area contributed by atoms with Crippen molar-refractivity contribution in [3.8, 4) is 0 Å². The van der Waals surface area contributed by atoms with E-state index in [0.29, 0.717) is 0 Å². The van der Waals surface area contributed by atoms with E-state index in [1.807, 2.05) is 36.4 Å². The van der Waals surface area contributed by atoms with Crippen LogP contribution >= 0.6 is 0 Å². The highest BCUT2D eigenvalue weighted by Gasteiger charge is 2.50. The quantitative estimate of drug-likeness (QED) is 0.801. The Hall–Kier alpha value is -1.47. The zero-order valence-corrected chi connectivity index (χ0v) is 18.6. The van der Waals surface area contributed by atoms with Gasteiger partial charge in [0, 0.05) is 6.54 Å². The van der Waals surface area contributed by atoms with Crippen molar-refractivity contribution < 1.29 is 4.21 Å². The van der Waals surface area contributed by atoms with Crippen molar-refractivity contribution in [3.63, 3.8) is 0 Å². The van der Waals surface area contributed by atoms with Crippen molar-refractivity contribution in [3.05, 3.63) is 60.7 Å². The highest BCUT2D eigenvalue weighted by molar-refractivity contribution is 7.93. The number of nitrogens with zero attached hydrogens (tertiary/aromatic N) is 2. The summed E-state index contributed by atoms with van der Waals surface area (Å²) < 4.78 is 18.9. The van der Waals surface area contributed by atoms with E-state index in [2.05, 4.69) is 57.0 Å². The maximum Gasteiger partial charge on any atom is 0.261 e. The summed E-state index contributed by atoms with van der Waals surface area (Å²) in [6, 6.07) is 20.7. The van der Waals surface area contributed by atoms with Crippen LogP contribution in [0.25, 0.3) is 0 Å². The zero-order valence-electron chi connectivity index (χ0n) is 16.8. The molecule has 0 bridgehead atoms. The number of benzene rings is 2. The molecule has 6 heteroatoms. The van der Waals surface area contributed by atoms with Gasteiger partial charge in [0.2, 0.25) is 0 Å². The summed E-state index contributed by atoms with van der Waals surface area (Å²) in [4.78, 5) is 2.19. The van der Waals surface area contributed by atoms with Crippen molar-refractivity contribution in [2.45, 2.75) is 37.5 Å². The second kappa shape index (κ2) is 7.51. The number of nitrogens with two attached hydrogens (primary N) is 1. The molecule has 27 heavy (non-hydrogen) atoms. The van der Waals surface area contributed by atoms with Crippen molar-refractivity contribution in [1.29, 1.82) is 0 Å². The molecule has 146 valence electrons. The molecule has 1 fully saturated rings. The van der Waals surface area contributed by atoms with E-state index in [0.717, 1.165) is 29.9 Å². The molecule has 0 radical (unpaired) electrons. The molecular formula is C21H31N3OSSi. The smallest absolute Gasteiger partial charge is 0.261 e. The molecule has 0 aromatic heterocycles. The number of rotatable bonds is 4. The van der Waals surface area contributed by atoms with Gasteiger partial charge in [0.1, 0.15) is 9.92 Å². The van der Waals surface area contributed by atoms with E-state index < -0.39 is 18.2 Å². The van der Waals surface area contributed by atoms with Gasteiger partial charge in [0.05, 0.1) is 5.25 Å². The molecule has 1 saturated heterocycles. The van der Waals surface area contributed by atoms with Gasteiger partial charge < -0.3 is 4.90 Å². The molecule has 3 rings (SSSR count). The summed E-state index contributed by atoms with van der Waals surface area (Å²) in [6.07, 6.45) is 0.841. The molecule has 0 amide bonds. The van der Waals surface area contributed by atoms with E-state index in [4.69, 9.17) is 9.17 Å². The van der Waals surface area contributed by atoms with Gasteiger partial charge in [-0.2, -0.15) is 0 Å². The second-order valence-electron chi connectivity index (χ2n) is 8.57. The van der Waals surface area contributed by atoms with Gasteiger partial charge in [-0.3, -0.25) is 4.03 Å². The fourth-order valence-electron chi connectivity index (χ4n) is 4.09. The van der Waals surface area contributed by atoms with Crippen molar-refractivity contribution in [1.82, 2.24) is 4.90 Å². The van der Waals surface area contributed by atoms with Crippen molar-refractivity contribution in [2.24, 2.45) is 9.17 Å². The lowest BCUT2D eigenvalue weighted by molar-refractivity contribution is 0.418. The molecular weight excluding hydrogens is 370 g/mol. The van der Waals surface area contributed by atoms with Crippen LogP contribution < -0.4 is 15.5 Å². The van der Waals surface area contributed by atoms with Gasteiger partial charge >= 0.3 is 0 Å². The summed E-state index contributed by atoms with van der Waals surface area (Å²) in [5, 5.41) is 8.57. The molecule has 0 spiro atoms. The monoisotopic (exact) mass is 401 g/mol. The largest absolute Gasteiger partial charge is 0.305 e. The molecule has 2 atom stereocenters. The molecule has 2 N–H and O–H groups in total. The minimum atomic E-state index is -2.83. The molecule has 4 nitrogen and oxygen atoms in total. The maximum atomic E-state index is 13.8. The van der Waals surface area contributed by atoms with E-state index in [1.54, 1.807) is 0 Å². The molecule has 1 aliphatic heterocycles. The third-order valence-corrected chi connectivity index (χ3v) is 13.7. The normalized spacial score (nSPS) is 21.0. The Morgan fingerprint density at radius 3 is 1.89 bits per heavy atom. The summed E-state index contributed by atoms with van der Waals surface area (Å²) in [5.74, 6) is 0. The van der Waals surface area contributed by atoms with Crippen molar-refractivity contribution >= 4 is 28.5 Å². The Bertz CT molecular complexity index is 847. The van der Waals surface area contributed by atoms with Crippen LogP contribution in [0, 0.1) is 0 Å². The Balaban J connectivity index is 2.31. The Morgan fingerprint density at radius 2 is 1.52 bits per heavy atom. The highest BCUT2D eigenvalue weighted by Crippen LogP contribution is 2.38. The topological polar surface area (TPSA) is 58.7 Å². The zero-order chi connectivity index (χ0) is 19.7. The van der Waals surface area contributed by atoms with E-state index in [-0.39, 0.29) is 10.3 Å². The lowest BCUT2D eigenvalue weighted by Gasteiger charge is -2.40. The van der Waals surface area contributed by atoms with Gasteiger partial charge in [-0.25, -0.2) is 9.35 Å². The molecule has 2 aromatic rings. The Morgan fingerprint density at radius 1 is 1.04 bits per heavy atom. The number of hydrogen-bond donors (Lipinski definition) is 1. The molecule has 0 aliphatic carbocycles. The molecule has 2 aromatic carbocycles. The van der Waals surface area contributed by atoms with Gasteiger partial charge in [-0.1, -0.05) is 81.4 Å². The third-order valence-electron chi connectivity index (χ3n) is 5.57. The van der Waals surface area contributed by atoms with E-state index in [1.165, 1.54) is 0 Å². The lowest BCUT2D eigenvalue weighted by Crippen LogP contribution is -2.64. The minimum Gasteiger partial charge on any atom is -0.305 e. The lowest BCUT2D eigenvalue weighted by atomic mass is 10.2. The fraction of sp³-hybridized carbons (Fsp3) is 0.429. The predicted molar refractivity (Wildman–Crippen MR) is 118 cm³/mol. The van der Waals surface area contributed by atoms with Crippen LogP contribution in [0.5, 0.6) is 0 Å². The fourth-order valence-corrected chi connectivity index (χ4v) is 12.7. The standard InChI is InChI=1S/C21H31N3OSSi/c1-21(2,3)27(19-11-7-5-8-12-19,20-13-9-6-10-14-20)23-26(22,25)18-15-16-24(4)17-18/h5-14,18H,15-17H2,1-4H3,(H2,22,23,25). The average Bonchev–Trinajstić information content (AvgIpc) is 3.08. The first-order valence-electron chi connectivity index (χ1n) is 9.51. The summed E-state index contributed by atoms with van der Waals surface area (Å²) >= 11 is 0. The maximum absolute atomic E-state index is 13.8. The Kier molecular flexibility index (Phi) is 5.63. The first-order valence-corrected chi connectivity index (χ1v) is 13.1. The van der Waals surface area contributed by atoms with Crippen LogP contribution in [-0.2, 0) is 9.92 Å². The van der Waals surface area contributed by atoms with Crippen molar-refractivity contribution in [2.75, 3.05) is 20.1 Å². The summed E-state index contributed by atoms with van der Waals surface area (Å²) in [6.45, 7) is 8.29. The first-order chi connectivity index (χ1) is 12.7. The highest BCUT2D eigenvalue weighted by atomic mass is 32.2. The molecule has 1 aliphatic rings. The predicted octanol–water partition coefficient (Wildman–Crippen LogP) is 2.59. The van der Waals surface area contributed by atoms with Gasteiger partial charge in [-0.05, 0) is 35.4 Å². The van der Waals surface area contributed by atoms with E-state index >= 15 is 0 Å². The number of likely N-dealkylation sites (tertiary alicyclic amines) is 1. The number of hydrogen-bond acceptors (Lipinski definition) is 3. The van der Waals surface area contributed by atoms with E-state index in [9.17, 15) is 4.21 Å². The molecule has 1 heterocycles. The van der Waals surface area contributed by atoms with Crippen LogP contribution in [0.2, 0.25) is 5.04 Å². The van der Waals surface area contributed by atoms with Crippen LogP contribution in [0.15, 0.2) is 64.7 Å². The van der Waals surface area contributed by atoms with Gasteiger partial charge in [-0.15, -0.1) is 0 Å². The van der Waals surface area contributed by atoms with Crippen LogP contribution in [0.1, 0.15) is 27.2 Å². The Labute approximate surface area is 165 Å². The van der Waals surface area contributed by atoms with Gasteiger partial charge in [0.15, 0.2) is 0 Å². The van der Waals surface area contributed by atoms with Gasteiger partial charge in [0.25, 0.3) is 8.24 Å². The minimum absolute atomic E-state index is 0.0795. The second-order valence-corrected chi connectivity index (χ2v) is 15.3. The average molecular weight is 402 g/mol.